The summed E-state index contributed by atoms with van der Waals surface area (Å²) in [7, 11) is 0. The van der Waals surface area contributed by atoms with Gasteiger partial charge >= 0.3 is 0 Å². The van der Waals surface area contributed by atoms with Crippen LogP contribution in [0.5, 0.6) is 0 Å². The molecule has 0 bridgehead atoms. The Morgan fingerprint density at radius 2 is 1.92 bits per heavy atom. The second-order valence-electron chi connectivity index (χ2n) is 3.55. The van der Waals surface area contributed by atoms with Crippen LogP contribution in [0.1, 0.15) is 59.3 Å². The maximum atomic E-state index is 9.80. The molecule has 1 atom stereocenters. The molecular formula is C12H24O. The van der Waals surface area contributed by atoms with E-state index in [9.17, 15) is 5.11 Å². The molecular weight excluding hydrogens is 160 g/mol. The van der Waals surface area contributed by atoms with E-state index in [1.54, 1.807) is 0 Å². The lowest BCUT2D eigenvalue weighted by molar-refractivity contribution is 0.192. The first-order valence-corrected chi connectivity index (χ1v) is 5.63. The molecule has 0 saturated carbocycles. The van der Waals surface area contributed by atoms with Gasteiger partial charge in [0.15, 0.2) is 0 Å². The zero-order valence-corrected chi connectivity index (χ0v) is 9.34. The molecule has 0 saturated heterocycles. The maximum Gasteiger partial charge on any atom is 0.0750 e. The van der Waals surface area contributed by atoms with Crippen molar-refractivity contribution in [2.75, 3.05) is 0 Å². The van der Waals surface area contributed by atoms with E-state index in [1.807, 2.05) is 0 Å². The third-order valence-corrected chi connectivity index (χ3v) is 2.38. The number of aliphatic hydroxyl groups excluding tert-OH is 1. The second-order valence-corrected chi connectivity index (χ2v) is 3.55. The van der Waals surface area contributed by atoms with Crippen molar-refractivity contribution in [1.82, 2.24) is 0 Å². The smallest absolute Gasteiger partial charge is 0.0750 e. The third kappa shape index (κ3) is 5.87. The molecule has 0 aliphatic rings. The maximum absolute atomic E-state index is 9.80. The molecule has 0 spiro atoms. The second kappa shape index (κ2) is 8.31. The van der Waals surface area contributed by atoms with Gasteiger partial charge in [0.1, 0.15) is 0 Å². The van der Waals surface area contributed by atoms with E-state index in [0.717, 1.165) is 25.7 Å². The van der Waals surface area contributed by atoms with E-state index in [0.29, 0.717) is 0 Å². The minimum atomic E-state index is -0.184. The predicted molar refractivity (Wildman–Crippen MR) is 58.8 cm³/mol. The van der Waals surface area contributed by atoms with Crippen molar-refractivity contribution in [3.8, 4) is 0 Å². The summed E-state index contributed by atoms with van der Waals surface area (Å²) in [5, 5.41) is 9.80. The van der Waals surface area contributed by atoms with Crippen LogP contribution in [0.15, 0.2) is 11.6 Å². The van der Waals surface area contributed by atoms with E-state index >= 15 is 0 Å². The number of unbranched alkanes of at least 4 members (excludes halogenated alkanes) is 2. The van der Waals surface area contributed by atoms with Crippen LogP contribution in [0, 0.1) is 0 Å². The average molecular weight is 184 g/mol. The lowest BCUT2D eigenvalue weighted by Gasteiger charge is -2.13. The van der Waals surface area contributed by atoms with E-state index in [4.69, 9.17) is 0 Å². The monoisotopic (exact) mass is 184 g/mol. The summed E-state index contributed by atoms with van der Waals surface area (Å²) in [5.74, 6) is 0. The van der Waals surface area contributed by atoms with Gasteiger partial charge in [0, 0.05) is 0 Å². The SMILES string of the molecule is CCC=C(CC)C(O)CCCCC. The Hall–Kier alpha value is -0.300. The predicted octanol–water partition coefficient (Wildman–Crippen LogP) is 3.67. The lowest BCUT2D eigenvalue weighted by Crippen LogP contribution is -2.09. The molecule has 13 heavy (non-hydrogen) atoms. The standard InChI is InChI=1S/C12H24O/c1-4-7-8-10-12(13)11(6-3)9-5-2/h9,12-13H,4-8,10H2,1-3H3. The average Bonchev–Trinajstić information content (AvgIpc) is 2.14. The summed E-state index contributed by atoms with van der Waals surface area (Å²) in [6.07, 6.45) is 8.56. The van der Waals surface area contributed by atoms with E-state index in [-0.39, 0.29) is 6.10 Å². The fourth-order valence-electron chi connectivity index (χ4n) is 1.55. The lowest BCUT2D eigenvalue weighted by atomic mass is 10.0. The summed E-state index contributed by atoms with van der Waals surface area (Å²) < 4.78 is 0. The molecule has 1 N–H and O–H groups in total. The Labute approximate surface area is 82.9 Å². The van der Waals surface area contributed by atoms with Gasteiger partial charge in [0.05, 0.1) is 6.10 Å². The fourth-order valence-corrected chi connectivity index (χ4v) is 1.55. The molecule has 78 valence electrons. The zero-order valence-electron chi connectivity index (χ0n) is 9.34. The van der Waals surface area contributed by atoms with Gasteiger partial charge in [-0.25, -0.2) is 0 Å². The van der Waals surface area contributed by atoms with Crippen LogP contribution in [0.2, 0.25) is 0 Å². The molecule has 0 heterocycles. The Bertz CT molecular complexity index is 138. The molecule has 0 aliphatic carbocycles. The number of allylic oxidation sites excluding steroid dienone is 1. The van der Waals surface area contributed by atoms with Gasteiger partial charge < -0.3 is 5.11 Å². The van der Waals surface area contributed by atoms with Gasteiger partial charge in [-0.15, -0.1) is 0 Å². The van der Waals surface area contributed by atoms with Crippen molar-refractivity contribution >= 4 is 0 Å². The van der Waals surface area contributed by atoms with Crippen molar-refractivity contribution in [1.29, 1.82) is 0 Å². The summed E-state index contributed by atoms with van der Waals surface area (Å²) in [4.78, 5) is 0. The van der Waals surface area contributed by atoms with Crippen molar-refractivity contribution in [2.45, 2.75) is 65.4 Å². The van der Waals surface area contributed by atoms with Crippen molar-refractivity contribution in [3.63, 3.8) is 0 Å². The van der Waals surface area contributed by atoms with Crippen molar-refractivity contribution in [3.05, 3.63) is 11.6 Å². The molecule has 0 rings (SSSR count). The molecule has 0 aromatic carbocycles. The van der Waals surface area contributed by atoms with Gasteiger partial charge in [-0.3, -0.25) is 0 Å². The highest BCUT2D eigenvalue weighted by Gasteiger charge is 2.07. The largest absolute Gasteiger partial charge is 0.389 e. The van der Waals surface area contributed by atoms with Crippen LogP contribution in [-0.4, -0.2) is 11.2 Å². The number of aliphatic hydroxyl groups is 1. The summed E-state index contributed by atoms with van der Waals surface area (Å²) in [6, 6.07) is 0. The normalized spacial score (nSPS) is 14.6. The van der Waals surface area contributed by atoms with Crippen LogP contribution in [0.3, 0.4) is 0 Å². The molecule has 0 aromatic heterocycles. The number of hydrogen-bond donors (Lipinski definition) is 1. The van der Waals surface area contributed by atoms with Gasteiger partial charge in [-0.1, -0.05) is 46.1 Å². The number of rotatable bonds is 7. The zero-order chi connectivity index (χ0) is 10.1. The Kier molecular flexibility index (Phi) is 8.11. The first-order valence-electron chi connectivity index (χ1n) is 5.63. The molecule has 0 amide bonds. The summed E-state index contributed by atoms with van der Waals surface area (Å²) in [6.45, 7) is 6.42. The molecule has 0 fully saturated rings. The van der Waals surface area contributed by atoms with E-state index in [2.05, 4.69) is 26.8 Å². The van der Waals surface area contributed by atoms with Crippen LogP contribution in [-0.2, 0) is 0 Å². The number of hydrogen-bond acceptors (Lipinski definition) is 1. The van der Waals surface area contributed by atoms with Gasteiger partial charge in [-0.2, -0.15) is 0 Å². The Morgan fingerprint density at radius 1 is 1.23 bits per heavy atom. The van der Waals surface area contributed by atoms with E-state index in [1.165, 1.54) is 18.4 Å². The van der Waals surface area contributed by atoms with Crippen molar-refractivity contribution < 1.29 is 5.11 Å². The van der Waals surface area contributed by atoms with Crippen LogP contribution >= 0.6 is 0 Å². The highest BCUT2D eigenvalue weighted by atomic mass is 16.3. The van der Waals surface area contributed by atoms with Gasteiger partial charge in [0.25, 0.3) is 0 Å². The molecule has 0 aliphatic heterocycles. The molecule has 0 radical (unpaired) electrons. The summed E-state index contributed by atoms with van der Waals surface area (Å²) in [5.41, 5.74) is 1.22. The molecule has 1 nitrogen and oxygen atoms in total. The van der Waals surface area contributed by atoms with Crippen LogP contribution in [0.25, 0.3) is 0 Å². The van der Waals surface area contributed by atoms with Crippen LogP contribution in [0.4, 0.5) is 0 Å². The first kappa shape index (κ1) is 12.7. The van der Waals surface area contributed by atoms with Gasteiger partial charge in [0.2, 0.25) is 0 Å². The van der Waals surface area contributed by atoms with Crippen molar-refractivity contribution in [2.24, 2.45) is 0 Å². The quantitative estimate of drug-likeness (QED) is 0.473. The fraction of sp³-hybridized carbons (Fsp3) is 0.833. The van der Waals surface area contributed by atoms with Gasteiger partial charge in [-0.05, 0) is 24.8 Å². The molecule has 1 heteroatoms. The highest BCUT2D eigenvalue weighted by molar-refractivity contribution is 5.06. The minimum Gasteiger partial charge on any atom is -0.389 e. The molecule has 1 unspecified atom stereocenters. The van der Waals surface area contributed by atoms with E-state index < -0.39 is 0 Å². The molecule has 0 aromatic rings. The van der Waals surface area contributed by atoms with Crippen LogP contribution < -0.4 is 0 Å². The summed E-state index contributed by atoms with van der Waals surface area (Å²) >= 11 is 0. The topological polar surface area (TPSA) is 20.2 Å². The Balaban J connectivity index is 3.77. The minimum absolute atomic E-state index is 0.184. The highest BCUT2D eigenvalue weighted by Crippen LogP contribution is 2.14. The third-order valence-electron chi connectivity index (χ3n) is 2.38. The Morgan fingerprint density at radius 3 is 2.38 bits per heavy atom. The first-order chi connectivity index (χ1) is 6.26.